The fourth-order valence-corrected chi connectivity index (χ4v) is 4.62. The van der Waals surface area contributed by atoms with E-state index in [4.69, 9.17) is 0 Å². The molecule has 4 N–H and O–H groups in total. The SMILES string of the molecule is CCNC(=NCC(CCO)CC(C)C)NCCNS(=O)(=O)c1cccs1.I. The highest BCUT2D eigenvalue weighted by Gasteiger charge is 2.14. The third-order valence-corrected chi connectivity index (χ3v) is 6.52. The monoisotopic (exact) mass is 532 g/mol. The number of hydrogen-bond donors (Lipinski definition) is 4. The van der Waals surface area contributed by atoms with Crippen LogP contribution in [0.5, 0.6) is 0 Å². The molecule has 0 aliphatic rings. The van der Waals surface area contributed by atoms with Crippen LogP contribution >= 0.6 is 35.3 Å². The molecule has 27 heavy (non-hydrogen) atoms. The van der Waals surface area contributed by atoms with Gasteiger partial charge in [-0.1, -0.05) is 19.9 Å². The topological polar surface area (TPSA) is 103 Å². The summed E-state index contributed by atoms with van der Waals surface area (Å²) in [6.45, 7) is 8.55. The van der Waals surface area contributed by atoms with Gasteiger partial charge in [0.1, 0.15) is 4.21 Å². The fourth-order valence-electron chi connectivity index (χ4n) is 2.55. The van der Waals surface area contributed by atoms with Gasteiger partial charge >= 0.3 is 0 Å². The summed E-state index contributed by atoms with van der Waals surface area (Å²) in [7, 11) is -3.43. The van der Waals surface area contributed by atoms with Gasteiger partial charge in [0.15, 0.2) is 5.96 Å². The quantitative estimate of drug-likeness (QED) is 0.143. The maximum absolute atomic E-state index is 12.1. The Hall–Kier alpha value is -0.430. The molecule has 0 fully saturated rings. The lowest BCUT2D eigenvalue weighted by Crippen LogP contribution is -2.41. The number of guanidine groups is 1. The van der Waals surface area contributed by atoms with E-state index < -0.39 is 10.0 Å². The van der Waals surface area contributed by atoms with Gasteiger partial charge in [-0.3, -0.25) is 4.99 Å². The van der Waals surface area contributed by atoms with Gasteiger partial charge in [0.2, 0.25) is 10.0 Å². The van der Waals surface area contributed by atoms with E-state index in [1.54, 1.807) is 17.5 Å². The number of thiophene rings is 1. The first-order valence-corrected chi connectivity index (χ1v) is 11.4. The van der Waals surface area contributed by atoms with Crippen molar-refractivity contribution in [1.82, 2.24) is 15.4 Å². The van der Waals surface area contributed by atoms with E-state index in [1.165, 1.54) is 11.3 Å². The van der Waals surface area contributed by atoms with Crippen molar-refractivity contribution in [2.45, 2.75) is 37.8 Å². The van der Waals surface area contributed by atoms with Gasteiger partial charge in [0, 0.05) is 32.8 Å². The molecule has 158 valence electrons. The van der Waals surface area contributed by atoms with Gasteiger partial charge in [-0.25, -0.2) is 13.1 Å². The van der Waals surface area contributed by atoms with E-state index in [1.807, 2.05) is 6.92 Å². The molecular weight excluding hydrogens is 499 g/mol. The zero-order chi connectivity index (χ0) is 19.4. The molecule has 7 nitrogen and oxygen atoms in total. The molecule has 0 aliphatic carbocycles. The van der Waals surface area contributed by atoms with Crippen molar-refractivity contribution in [2.75, 3.05) is 32.8 Å². The van der Waals surface area contributed by atoms with E-state index in [0.29, 0.717) is 35.1 Å². The molecule has 1 heterocycles. The lowest BCUT2D eigenvalue weighted by atomic mass is 9.94. The van der Waals surface area contributed by atoms with Crippen LogP contribution in [-0.2, 0) is 10.0 Å². The van der Waals surface area contributed by atoms with Crippen molar-refractivity contribution >= 4 is 51.3 Å². The molecule has 1 aromatic rings. The zero-order valence-electron chi connectivity index (χ0n) is 16.3. The number of hydrogen-bond acceptors (Lipinski definition) is 5. The maximum atomic E-state index is 12.1. The predicted octanol–water partition coefficient (Wildman–Crippen LogP) is 2.24. The van der Waals surface area contributed by atoms with Gasteiger partial charge in [0.25, 0.3) is 0 Å². The minimum absolute atomic E-state index is 0. The lowest BCUT2D eigenvalue weighted by Gasteiger charge is -2.17. The Labute approximate surface area is 184 Å². The fraction of sp³-hybridized carbons (Fsp3) is 0.706. The first-order chi connectivity index (χ1) is 12.4. The summed E-state index contributed by atoms with van der Waals surface area (Å²) in [6, 6.07) is 3.30. The van der Waals surface area contributed by atoms with Crippen LogP contribution in [0, 0.1) is 11.8 Å². The van der Waals surface area contributed by atoms with E-state index in [0.717, 1.165) is 19.4 Å². The molecule has 1 unspecified atom stereocenters. The largest absolute Gasteiger partial charge is 0.396 e. The van der Waals surface area contributed by atoms with Crippen molar-refractivity contribution < 1.29 is 13.5 Å². The number of aliphatic hydroxyl groups excluding tert-OH is 1. The lowest BCUT2D eigenvalue weighted by molar-refractivity contribution is 0.245. The molecule has 0 amide bonds. The maximum Gasteiger partial charge on any atom is 0.250 e. The molecule has 0 aliphatic heterocycles. The summed E-state index contributed by atoms with van der Waals surface area (Å²) in [5, 5.41) is 17.2. The van der Waals surface area contributed by atoms with Crippen LogP contribution in [0.2, 0.25) is 0 Å². The Morgan fingerprint density at radius 3 is 2.59 bits per heavy atom. The number of halogens is 1. The van der Waals surface area contributed by atoms with E-state index in [9.17, 15) is 13.5 Å². The number of nitrogens with one attached hydrogen (secondary N) is 3. The van der Waals surface area contributed by atoms with Crippen molar-refractivity contribution in [3.63, 3.8) is 0 Å². The molecule has 0 saturated heterocycles. The molecule has 0 bridgehead atoms. The standard InChI is InChI=1S/C17H32N4O3S2.HI/c1-4-18-17(20-13-15(7-10-22)12-14(2)3)19-8-9-21-26(23,24)16-6-5-11-25-16;/h5-6,11,14-15,21-22H,4,7-10,12-13H2,1-3H3,(H2,18,19,20);1H. The van der Waals surface area contributed by atoms with Crippen LogP contribution in [0.15, 0.2) is 26.7 Å². The van der Waals surface area contributed by atoms with Crippen LogP contribution in [0.4, 0.5) is 0 Å². The molecular formula is C17H33IN4O3S2. The normalized spacial score (nSPS) is 13.3. The van der Waals surface area contributed by atoms with E-state index in [-0.39, 0.29) is 37.1 Å². The second kappa shape index (κ2) is 14.6. The smallest absolute Gasteiger partial charge is 0.250 e. The predicted molar refractivity (Wildman–Crippen MR) is 124 cm³/mol. The Kier molecular flexibility index (Phi) is 14.3. The molecule has 1 rings (SSSR count). The number of nitrogens with zero attached hydrogens (tertiary/aromatic N) is 1. The average molecular weight is 533 g/mol. The van der Waals surface area contributed by atoms with E-state index in [2.05, 4.69) is 34.2 Å². The Bertz CT molecular complexity index is 622. The highest BCUT2D eigenvalue weighted by Crippen LogP contribution is 2.16. The van der Waals surface area contributed by atoms with Crippen LogP contribution < -0.4 is 15.4 Å². The van der Waals surface area contributed by atoms with Gasteiger partial charge < -0.3 is 15.7 Å². The van der Waals surface area contributed by atoms with Crippen molar-refractivity contribution in [3.05, 3.63) is 17.5 Å². The third-order valence-electron chi connectivity index (χ3n) is 3.66. The Morgan fingerprint density at radius 2 is 2.04 bits per heavy atom. The van der Waals surface area contributed by atoms with Crippen LogP contribution in [0.25, 0.3) is 0 Å². The summed E-state index contributed by atoms with van der Waals surface area (Å²) in [5.74, 6) is 1.56. The zero-order valence-corrected chi connectivity index (χ0v) is 20.2. The Balaban J connectivity index is 0.00000676. The second-order valence-electron chi connectivity index (χ2n) is 6.48. The van der Waals surface area contributed by atoms with Crippen molar-refractivity contribution in [1.29, 1.82) is 0 Å². The molecule has 0 radical (unpaired) electrons. The number of aliphatic hydroxyl groups is 1. The highest BCUT2D eigenvalue weighted by atomic mass is 127. The summed E-state index contributed by atoms with van der Waals surface area (Å²) in [6.07, 6.45) is 1.76. The summed E-state index contributed by atoms with van der Waals surface area (Å²) < 4.78 is 27.0. The average Bonchev–Trinajstić information content (AvgIpc) is 3.11. The van der Waals surface area contributed by atoms with Crippen LogP contribution in [0.3, 0.4) is 0 Å². The van der Waals surface area contributed by atoms with E-state index >= 15 is 0 Å². The molecule has 1 atom stereocenters. The van der Waals surface area contributed by atoms with Gasteiger partial charge in [0.05, 0.1) is 0 Å². The first kappa shape index (κ1) is 26.6. The molecule has 10 heteroatoms. The van der Waals surface area contributed by atoms with Gasteiger partial charge in [-0.05, 0) is 43.0 Å². The third kappa shape index (κ3) is 11.2. The molecule has 0 aromatic carbocycles. The summed E-state index contributed by atoms with van der Waals surface area (Å²) >= 11 is 1.20. The number of sulfonamides is 1. The highest BCUT2D eigenvalue weighted by molar-refractivity contribution is 14.0. The van der Waals surface area contributed by atoms with Gasteiger partial charge in [-0.15, -0.1) is 35.3 Å². The number of rotatable bonds is 12. The molecule has 1 aromatic heterocycles. The van der Waals surface area contributed by atoms with Crippen molar-refractivity contribution in [3.8, 4) is 0 Å². The van der Waals surface area contributed by atoms with Crippen molar-refractivity contribution in [2.24, 2.45) is 16.8 Å². The first-order valence-electron chi connectivity index (χ1n) is 9.05. The second-order valence-corrected chi connectivity index (χ2v) is 9.43. The van der Waals surface area contributed by atoms with Crippen LogP contribution in [0.1, 0.15) is 33.6 Å². The summed E-state index contributed by atoms with van der Waals surface area (Å²) in [5.41, 5.74) is 0. The minimum Gasteiger partial charge on any atom is -0.396 e. The van der Waals surface area contributed by atoms with Gasteiger partial charge in [-0.2, -0.15) is 0 Å². The summed E-state index contributed by atoms with van der Waals surface area (Å²) in [4.78, 5) is 4.58. The van der Waals surface area contributed by atoms with Crippen LogP contribution in [-0.4, -0.2) is 52.3 Å². The molecule has 0 saturated carbocycles. The number of aliphatic imine (C=N–C) groups is 1. The Morgan fingerprint density at radius 1 is 1.30 bits per heavy atom. The minimum atomic E-state index is -3.43. The molecule has 0 spiro atoms.